The Hall–Kier alpha value is -0.520. The summed E-state index contributed by atoms with van der Waals surface area (Å²) in [7, 11) is 0. The van der Waals surface area contributed by atoms with E-state index in [1.807, 2.05) is 6.20 Å². The van der Waals surface area contributed by atoms with Crippen molar-refractivity contribution in [1.29, 1.82) is 0 Å². The summed E-state index contributed by atoms with van der Waals surface area (Å²) in [5.41, 5.74) is 0. The number of ether oxygens (including phenoxy) is 1. The highest BCUT2D eigenvalue weighted by molar-refractivity contribution is 7.05. The summed E-state index contributed by atoms with van der Waals surface area (Å²) >= 11 is 1.51. The summed E-state index contributed by atoms with van der Waals surface area (Å²) in [5.74, 6) is 0.669. The zero-order valence-electron chi connectivity index (χ0n) is 9.69. The first-order valence-electron chi connectivity index (χ1n) is 6.00. The number of nitrogens with zero attached hydrogens (tertiary/aromatic N) is 2. The summed E-state index contributed by atoms with van der Waals surface area (Å²) in [4.78, 5) is 1.26. The van der Waals surface area contributed by atoms with Gasteiger partial charge in [-0.3, -0.25) is 0 Å². The van der Waals surface area contributed by atoms with Crippen molar-refractivity contribution in [3.8, 4) is 0 Å². The van der Waals surface area contributed by atoms with Crippen LogP contribution in [-0.4, -0.2) is 29.3 Å². The maximum atomic E-state index is 5.42. The Morgan fingerprint density at radius 2 is 2.38 bits per heavy atom. The molecular formula is C11H19N3OS. The lowest BCUT2D eigenvalue weighted by Crippen LogP contribution is -2.32. The lowest BCUT2D eigenvalue weighted by Gasteiger charge is -2.29. The van der Waals surface area contributed by atoms with Crippen LogP contribution in [0.25, 0.3) is 0 Å². The molecule has 1 aliphatic rings. The molecule has 1 aliphatic heterocycles. The molecule has 5 heteroatoms. The van der Waals surface area contributed by atoms with Crippen LogP contribution in [0.5, 0.6) is 0 Å². The second-order valence-corrected chi connectivity index (χ2v) is 5.02. The summed E-state index contributed by atoms with van der Waals surface area (Å²) in [6.45, 7) is 5.03. The molecule has 1 atom stereocenters. The third kappa shape index (κ3) is 2.99. The molecule has 90 valence electrons. The van der Waals surface area contributed by atoms with Gasteiger partial charge in [0, 0.05) is 19.3 Å². The number of nitrogens with one attached hydrogen (secondary N) is 1. The smallest absolute Gasteiger partial charge is 0.0669 e. The minimum atomic E-state index is 0.420. The van der Waals surface area contributed by atoms with Gasteiger partial charge in [-0.15, -0.1) is 5.10 Å². The number of rotatable bonds is 5. The van der Waals surface area contributed by atoms with Gasteiger partial charge in [0.05, 0.1) is 11.1 Å². The molecule has 1 aromatic heterocycles. The molecule has 1 N–H and O–H groups in total. The Bertz CT molecular complexity index is 285. The Kier molecular flexibility index (Phi) is 4.69. The van der Waals surface area contributed by atoms with Gasteiger partial charge < -0.3 is 10.1 Å². The summed E-state index contributed by atoms with van der Waals surface area (Å²) in [6, 6.07) is 0.420. The van der Waals surface area contributed by atoms with Crippen LogP contribution in [0, 0.1) is 5.92 Å². The van der Waals surface area contributed by atoms with Crippen molar-refractivity contribution < 1.29 is 4.74 Å². The van der Waals surface area contributed by atoms with E-state index in [9.17, 15) is 0 Å². The highest BCUT2D eigenvalue weighted by atomic mass is 32.1. The first-order valence-corrected chi connectivity index (χ1v) is 6.77. The lowest BCUT2D eigenvalue weighted by atomic mass is 9.91. The van der Waals surface area contributed by atoms with Gasteiger partial charge in [0.25, 0.3) is 0 Å². The van der Waals surface area contributed by atoms with Crippen LogP contribution in [0.2, 0.25) is 0 Å². The number of hydrogen-bond acceptors (Lipinski definition) is 5. The van der Waals surface area contributed by atoms with Crippen LogP contribution < -0.4 is 5.32 Å². The summed E-state index contributed by atoms with van der Waals surface area (Å²) in [6.07, 6.45) is 5.33. The monoisotopic (exact) mass is 241 g/mol. The third-order valence-corrected chi connectivity index (χ3v) is 3.78. The van der Waals surface area contributed by atoms with E-state index < -0.39 is 0 Å². The molecule has 2 heterocycles. The van der Waals surface area contributed by atoms with Gasteiger partial charge >= 0.3 is 0 Å². The van der Waals surface area contributed by atoms with Gasteiger partial charge in [0.15, 0.2) is 0 Å². The van der Waals surface area contributed by atoms with E-state index in [1.54, 1.807) is 0 Å². The van der Waals surface area contributed by atoms with E-state index >= 15 is 0 Å². The van der Waals surface area contributed by atoms with Crippen molar-refractivity contribution >= 4 is 11.5 Å². The van der Waals surface area contributed by atoms with Crippen molar-refractivity contribution in [3.63, 3.8) is 0 Å². The second-order valence-electron chi connectivity index (χ2n) is 4.20. The molecule has 2 rings (SSSR count). The first kappa shape index (κ1) is 12.0. The Balaban J connectivity index is 2.01. The number of aromatic nitrogens is 2. The maximum Gasteiger partial charge on any atom is 0.0669 e. The van der Waals surface area contributed by atoms with E-state index in [2.05, 4.69) is 21.8 Å². The summed E-state index contributed by atoms with van der Waals surface area (Å²) < 4.78 is 9.38. The highest BCUT2D eigenvalue weighted by Crippen LogP contribution is 2.31. The van der Waals surface area contributed by atoms with Gasteiger partial charge in [-0.2, -0.15) is 0 Å². The molecule has 4 nitrogen and oxygen atoms in total. The molecule has 0 aromatic carbocycles. The standard InChI is InChI=1S/C11H19N3OS/c1-2-5-12-11(10-8-13-14-16-10)9-3-6-15-7-4-9/h8-9,11-12H,2-7H2,1H3. The normalized spacial score (nSPS) is 19.8. The van der Waals surface area contributed by atoms with Crippen molar-refractivity contribution in [1.82, 2.24) is 14.9 Å². The molecular weight excluding hydrogens is 222 g/mol. The van der Waals surface area contributed by atoms with Crippen molar-refractivity contribution in [2.45, 2.75) is 32.2 Å². The number of hydrogen-bond donors (Lipinski definition) is 1. The van der Waals surface area contributed by atoms with Gasteiger partial charge in [-0.05, 0) is 43.3 Å². The predicted octanol–water partition coefficient (Wildman–Crippen LogP) is 2.01. The molecule has 0 amide bonds. The molecule has 1 fully saturated rings. The average Bonchev–Trinajstić information content (AvgIpc) is 2.85. The largest absolute Gasteiger partial charge is 0.381 e. The zero-order valence-corrected chi connectivity index (χ0v) is 10.5. The summed E-state index contributed by atoms with van der Waals surface area (Å²) in [5, 5.41) is 7.56. The van der Waals surface area contributed by atoms with Crippen LogP contribution in [0.15, 0.2) is 6.20 Å². The third-order valence-electron chi connectivity index (χ3n) is 3.04. The molecule has 1 saturated heterocycles. The fourth-order valence-corrected chi connectivity index (χ4v) is 2.83. The van der Waals surface area contributed by atoms with Crippen LogP contribution >= 0.6 is 11.5 Å². The quantitative estimate of drug-likeness (QED) is 0.856. The van der Waals surface area contributed by atoms with Gasteiger partial charge in [-0.1, -0.05) is 11.4 Å². The SMILES string of the molecule is CCCNC(c1cnns1)C1CCOCC1. The minimum Gasteiger partial charge on any atom is -0.381 e. The Labute approximate surface area is 101 Å². The van der Waals surface area contributed by atoms with E-state index in [-0.39, 0.29) is 0 Å². The lowest BCUT2D eigenvalue weighted by molar-refractivity contribution is 0.0540. The topological polar surface area (TPSA) is 47.0 Å². The Morgan fingerprint density at radius 3 is 3.00 bits per heavy atom. The fraction of sp³-hybridized carbons (Fsp3) is 0.818. The molecule has 0 aliphatic carbocycles. The van der Waals surface area contributed by atoms with Gasteiger partial charge in [-0.25, -0.2) is 0 Å². The molecule has 0 saturated carbocycles. The van der Waals surface area contributed by atoms with Crippen molar-refractivity contribution in [3.05, 3.63) is 11.1 Å². The van der Waals surface area contributed by atoms with Crippen LogP contribution in [-0.2, 0) is 4.74 Å². The van der Waals surface area contributed by atoms with Crippen molar-refractivity contribution in [2.75, 3.05) is 19.8 Å². The molecule has 0 bridgehead atoms. The fourth-order valence-electron chi connectivity index (χ4n) is 2.16. The second kappa shape index (κ2) is 6.27. The van der Waals surface area contributed by atoms with Crippen LogP contribution in [0.4, 0.5) is 0 Å². The molecule has 1 unspecified atom stereocenters. The van der Waals surface area contributed by atoms with E-state index in [1.165, 1.54) is 16.4 Å². The zero-order chi connectivity index (χ0) is 11.2. The van der Waals surface area contributed by atoms with Crippen LogP contribution in [0.1, 0.15) is 37.1 Å². The Morgan fingerprint density at radius 1 is 1.56 bits per heavy atom. The minimum absolute atomic E-state index is 0.420. The first-order chi connectivity index (χ1) is 7.92. The maximum absolute atomic E-state index is 5.42. The van der Waals surface area contributed by atoms with E-state index in [0.717, 1.165) is 39.0 Å². The van der Waals surface area contributed by atoms with Crippen LogP contribution in [0.3, 0.4) is 0 Å². The van der Waals surface area contributed by atoms with E-state index in [4.69, 9.17) is 4.74 Å². The van der Waals surface area contributed by atoms with E-state index in [0.29, 0.717) is 12.0 Å². The molecule has 0 spiro atoms. The highest BCUT2D eigenvalue weighted by Gasteiger charge is 2.26. The van der Waals surface area contributed by atoms with Gasteiger partial charge in [0.2, 0.25) is 0 Å². The van der Waals surface area contributed by atoms with Crippen molar-refractivity contribution in [2.24, 2.45) is 5.92 Å². The molecule has 16 heavy (non-hydrogen) atoms. The average molecular weight is 241 g/mol. The molecule has 1 aromatic rings. The van der Waals surface area contributed by atoms with Gasteiger partial charge in [0.1, 0.15) is 0 Å². The molecule has 0 radical (unpaired) electrons. The predicted molar refractivity (Wildman–Crippen MR) is 64.5 cm³/mol.